The van der Waals surface area contributed by atoms with Crippen molar-refractivity contribution in [1.29, 1.82) is 0 Å². The molecule has 0 heterocycles. The van der Waals surface area contributed by atoms with Gasteiger partial charge in [0, 0.05) is 21.8 Å². The van der Waals surface area contributed by atoms with Gasteiger partial charge in [-0.05, 0) is 60.5 Å². The maximum Gasteiger partial charge on any atom is 0.271 e. The van der Waals surface area contributed by atoms with E-state index >= 15 is 0 Å². The summed E-state index contributed by atoms with van der Waals surface area (Å²) >= 11 is 5.82. The lowest BCUT2D eigenvalue weighted by Crippen LogP contribution is -2.18. The van der Waals surface area contributed by atoms with Crippen LogP contribution in [-0.4, -0.2) is 18.0 Å². The van der Waals surface area contributed by atoms with Crippen LogP contribution in [0.1, 0.15) is 31.8 Å². The molecule has 0 saturated heterocycles. The molecule has 5 nitrogen and oxygen atoms in total. The third kappa shape index (κ3) is 5.05. The Balaban J connectivity index is 1.59. The van der Waals surface area contributed by atoms with Gasteiger partial charge in [-0.15, -0.1) is 0 Å². The number of anilines is 1. The lowest BCUT2D eigenvalue weighted by molar-refractivity contribution is 0.0954. The molecule has 0 saturated carbocycles. The Morgan fingerprint density at radius 2 is 1.57 bits per heavy atom. The van der Waals surface area contributed by atoms with Gasteiger partial charge in [-0.25, -0.2) is 5.43 Å². The molecule has 28 heavy (non-hydrogen) atoms. The summed E-state index contributed by atoms with van der Waals surface area (Å²) in [6.45, 7) is 1.88. The molecule has 0 aliphatic heterocycles. The minimum absolute atomic E-state index is 0.192. The highest BCUT2D eigenvalue weighted by Gasteiger charge is 2.09. The fourth-order valence-corrected chi connectivity index (χ4v) is 2.64. The summed E-state index contributed by atoms with van der Waals surface area (Å²) in [5.41, 5.74) is 5.83. The van der Waals surface area contributed by atoms with Gasteiger partial charge in [-0.3, -0.25) is 9.59 Å². The zero-order valence-corrected chi connectivity index (χ0v) is 15.9. The number of hydrazone groups is 1. The normalized spacial score (nSPS) is 10.6. The van der Waals surface area contributed by atoms with Crippen LogP contribution in [0.2, 0.25) is 5.02 Å². The number of rotatable bonds is 5. The zero-order valence-electron chi connectivity index (χ0n) is 15.1. The van der Waals surface area contributed by atoms with Crippen molar-refractivity contribution in [3.05, 3.63) is 100 Å². The van der Waals surface area contributed by atoms with Crippen LogP contribution in [0, 0.1) is 6.92 Å². The van der Waals surface area contributed by atoms with Gasteiger partial charge in [0.2, 0.25) is 0 Å². The van der Waals surface area contributed by atoms with Crippen molar-refractivity contribution >= 4 is 35.3 Å². The predicted octanol–water partition coefficient (Wildman–Crippen LogP) is 4.66. The molecule has 140 valence electrons. The van der Waals surface area contributed by atoms with Crippen LogP contribution in [0.3, 0.4) is 0 Å². The minimum atomic E-state index is -0.345. The smallest absolute Gasteiger partial charge is 0.271 e. The molecule has 0 aliphatic rings. The Morgan fingerprint density at radius 3 is 2.25 bits per heavy atom. The number of hydrogen-bond donors (Lipinski definition) is 2. The highest BCUT2D eigenvalue weighted by Crippen LogP contribution is 2.14. The van der Waals surface area contributed by atoms with E-state index in [-0.39, 0.29) is 11.8 Å². The lowest BCUT2D eigenvalue weighted by Gasteiger charge is -2.08. The van der Waals surface area contributed by atoms with Crippen LogP contribution >= 0.6 is 11.6 Å². The van der Waals surface area contributed by atoms with Gasteiger partial charge in [0.15, 0.2) is 0 Å². The first-order valence-corrected chi connectivity index (χ1v) is 8.97. The molecule has 6 heteroatoms. The van der Waals surface area contributed by atoms with Crippen molar-refractivity contribution in [3.8, 4) is 0 Å². The quantitative estimate of drug-likeness (QED) is 0.490. The molecule has 0 spiro atoms. The first-order chi connectivity index (χ1) is 13.5. The Labute approximate surface area is 168 Å². The average molecular weight is 392 g/mol. The number of halogens is 1. The summed E-state index contributed by atoms with van der Waals surface area (Å²) in [7, 11) is 0. The van der Waals surface area contributed by atoms with Crippen LogP contribution < -0.4 is 10.7 Å². The molecule has 0 aromatic heterocycles. The lowest BCUT2D eigenvalue weighted by atomic mass is 10.1. The number of carbonyl (C=O) groups excluding carboxylic acids is 2. The van der Waals surface area contributed by atoms with Gasteiger partial charge in [0.25, 0.3) is 11.8 Å². The van der Waals surface area contributed by atoms with Gasteiger partial charge in [-0.1, -0.05) is 41.9 Å². The molecule has 2 N–H and O–H groups in total. The molecule has 2 amide bonds. The Kier molecular flexibility index (Phi) is 6.19. The molecule has 0 fully saturated rings. The third-order valence-corrected chi connectivity index (χ3v) is 4.30. The van der Waals surface area contributed by atoms with Crippen LogP contribution in [-0.2, 0) is 0 Å². The van der Waals surface area contributed by atoms with E-state index in [1.807, 2.05) is 25.1 Å². The van der Waals surface area contributed by atoms with Crippen LogP contribution in [0.5, 0.6) is 0 Å². The summed E-state index contributed by atoms with van der Waals surface area (Å²) in [6.07, 6.45) is 1.53. The van der Waals surface area contributed by atoms with E-state index in [0.717, 1.165) is 11.1 Å². The predicted molar refractivity (Wildman–Crippen MR) is 112 cm³/mol. The molecule has 0 bridgehead atoms. The number of amides is 2. The Hall–Kier alpha value is -3.44. The average Bonchev–Trinajstić information content (AvgIpc) is 2.70. The zero-order chi connectivity index (χ0) is 19.9. The second kappa shape index (κ2) is 8.97. The van der Waals surface area contributed by atoms with Crippen molar-refractivity contribution < 1.29 is 9.59 Å². The van der Waals surface area contributed by atoms with Gasteiger partial charge >= 0.3 is 0 Å². The second-order valence-corrected chi connectivity index (χ2v) is 6.53. The number of hydrogen-bond acceptors (Lipinski definition) is 3. The fourth-order valence-electron chi connectivity index (χ4n) is 2.51. The summed E-state index contributed by atoms with van der Waals surface area (Å²) in [5, 5.41) is 7.39. The molecule has 3 aromatic carbocycles. The Morgan fingerprint density at radius 1 is 0.893 bits per heavy atom. The second-order valence-electron chi connectivity index (χ2n) is 6.10. The van der Waals surface area contributed by atoms with Crippen molar-refractivity contribution in [1.82, 2.24) is 5.43 Å². The first-order valence-electron chi connectivity index (χ1n) is 8.59. The number of carbonyl (C=O) groups is 2. The summed E-state index contributed by atoms with van der Waals surface area (Å²) in [5.74, 6) is -0.537. The topological polar surface area (TPSA) is 70.6 Å². The highest BCUT2D eigenvalue weighted by molar-refractivity contribution is 6.30. The maximum atomic E-state index is 12.3. The molecule has 0 atom stereocenters. The van der Waals surface area contributed by atoms with E-state index in [1.165, 1.54) is 6.21 Å². The number of nitrogens with one attached hydrogen (secondary N) is 2. The summed E-state index contributed by atoms with van der Waals surface area (Å²) < 4.78 is 0. The molecule has 0 aliphatic carbocycles. The van der Waals surface area contributed by atoms with Crippen LogP contribution in [0.15, 0.2) is 77.9 Å². The van der Waals surface area contributed by atoms with Crippen molar-refractivity contribution in [2.75, 3.05) is 5.32 Å². The van der Waals surface area contributed by atoms with Crippen molar-refractivity contribution in [3.63, 3.8) is 0 Å². The third-order valence-electron chi connectivity index (χ3n) is 4.04. The van der Waals surface area contributed by atoms with Gasteiger partial charge in [0.05, 0.1) is 6.21 Å². The first kappa shape index (κ1) is 19.3. The Bertz CT molecular complexity index is 1010. The van der Waals surface area contributed by atoms with Crippen molar-refractivity contribution in [2.24, 2.45) is 5.10 Å². The van der Waals surface area contributed by atoms with E-state index < -0.39 is 0 Å². The number of benzene rings is 3. The van der Waals surface area contributed by atoms with E-state index in [4.69, 9.17) is 11.6 Å². The van der Waals surface area contributed by atoms with Gasteiger partial charge in [-0.2, -0.15) is 5.10 Å². The number of aryl methyl sites for hydroxylation is 1. The SMILES string of the molecule is Cc1ccccc1C(=O)Nc1ccc(C(=O)N/N=C/c2ccc(Cl)cc2)cc1. The largest absolute Gasteiger partial charge is 0.322 e. The standard InChI is InChI=1S/C22H18ClN3O2/c1-15-4-2-3-5-20(15)22(28)25-19-12-8-17(9-13-19)21(27)26-24-14-16-6-10-18(23)11-7-16/h2-14H,1H3,(H,25,28)(H,26,27)/b24-14+. The molecule has 3 rings (SSSR count). The summed E-state index contributed by atoms with van der Waals surface area (Å²) in [4.78, 5) is 24.5. The molecular weight excluding hydrogens is 374 g/mol. The van der Waals surface area contributed by atoms with E-state index in [1.54, 1.807) is 54.6 Å². The molecular formula is C22H18ClN3O2. The minimum Gasteiger partial charge on any atom is -0.322 e. The molecule has 3 aromatic rings. The summed E-state index contributed by atoms with van der Waals surface area (Å²) in [6, 6.07) is 21.0. The number of nitrogens with zero attached hydrogens (tertiary/aromatic N) is 1. The van der Waals surface area contributed by atoms with Gasteiger partial charge < -0.3 is 5.32 Å². The monoisotopic (exact) mass is 391 g/mol. The molecule has 0 unspecified atom stereocenters. The van der Waals surface area contributed by atoms with Crippen LogP contribution in [0.4, 0.5) is 5.69 Å². The van der Waals surface area contributed by atoms with E-state index in [9.17, 15) is 9.59 Å². The van der Waals surface area contributed by atoms with E-state index in [0.29, 0.717) is 21.8 Å². The van der Waals surface area contributed by atoms with E-state index in [2.05, 4.69) is 15.8 Å². The molecule has 0 radical (unpaired) electrons. The van der Waals surface area contributed by atoms with Crippen molar-refractivity contribution in [2.45, 2.75) is 6.92 Å². The highest BCUT2D eigenvalue weighted by atomic mass is 35.5. The fraction of sp³-hybridized carbons (Fsp3) is 0.0455. The van der Waals surface area contributed by atoms with Crippen LogP contribution in [0.25, 0.3) is 0 Å². The maximum absolute atomic E-state index is 12.3. The van der Waals surface area contributed by atoms with Gasteiger partial charge in [0.1, 0.15) is 0 Å².